The fourth-order valence-electron chi connectivity index (χ4n) is 1.27. The van der Waals surface area contributed by atoms with Crippen LogP contribution in [0.1, 0.15) is 21.0 Å². The summed E-state index contributed by atoms with van der Waals surface area (Å²) in [5.41, 5.74) is -0.839. The minimum absolute atomic E-state index is 0.420. The highest BCUT2D eigenvalue weighted by Crippen LogP contribution is 2.33. The standard InChI is InChI=1S/C7H5NO4.C4H7NO4.C2H9NO6P2/c9-6(10)4-2-1-3-5(8-4)7(11)12;6-3(7)1-5-2-4(8)9;4-10(5,6)1-3-2-11(7,8)9/h1-3H,(H,9,10)(H,11,12);5H,1-2H2,(H,6,7)(H,8,9);3H,1-2H2,(H2,4,5,6)(H2,7,8,9)/p-5. The number of nitrogens with zero attached hydrogens (tertiary/aromatic N) is 1. The number of aliphatic carboxylic acids is 2. The Hall–Kier alpha value is -2.75. The average Bonchev–Trinajstić information content (AvgIpc) is 2.60. The van der Waals surface area contributed by atoms with Crippen molar-refractivity contribution in [2.45, 2.75) is 0 Å². The van der Waals surface area contributed by atoms with Gasteiger partial charge in [-0.2, -0.15) is 0 Å². The zero-order valence-corrected chi connectivity index (χ0v) is 17.5. The Morgan fingerprint density at radius 3 is 1.50 bits per heavy atom. The van der Waals surface area contributed by atoms with Crippen molar-refractivity contribution >= 4 is 39.1 Å². The third-order valence-electron chi connectivity index (χ3n) is 2.34. The van der Waals surface area contributed by atoms with E-state index in [2.05, 4.69) is 10.3 Å². The summed E-state index contributed by atoms with van der Waals surface area (Å²) in [5, 5.41) is 43.5. The Morgan fingerprint density at radius 1 is 0.812 bits per heavy atom. The van der Waals surface area contributed by atoms with Crippen LogP contribution in [0.15, 0.2) is 18.2 Å². The molecule has 19 heteroatoms. The van der Waals surface area contributed by atoms with Crippen LogP contribution < -0.4 is 36.0 Å². The Labute approximate surface area is 179 Å². The zero-order chi connectivity index (χ0) is 25.5. The maximum Gasteiger partial charge on any atom is 0.339 e. The number of pyridine rings is 1. The number of rotatable bonds is 10. The van der Waals surface area contributed by atoms with E-state index < -0.39 is 76.1 Å². The summed E-state index contributed by atoms with van der Waals surface area (Å²) in [6.45, 7) is -0.929. The van der Waals surface area contributed by atoms with Gasteiger partial charge < -0.3 is 69.1 Å². The monoisotopic (exact) mass is 500 g/mol. The third kappa shape index (κ3) is 21.9. The minimum atomic E-state index is -4.46. The van der Waals surface area contributed by atoms with Crippen LogP contribution in [0.2, 0.25) is 0 Å². The lowest BCUT2D eigenvalue weighted by Crippen LogP contribution is -2.40. The minimum Gasteiger partial charge on any atom is -0.778 e. The molecule has 0 radical (unpaired) electrons. The number of hydrogen-bond acceptors (Lipinski definition) is 14. The molecule has 1 aromatic heterocycles. The molecular weight excluding hydrogens is 484 g/mol. The number of carboxylic acids is 4. The van der Waals surface area contributed by atoms with Gasteiger partial charge in [0, 0.05) is 13.1 Å². The molecule has 182 valence electrons. The lowest BCUT2D eigenvalue weighted by atomic mass is 10.3. The van der Waals surface area contributed by atoms with Crippen LogP contribution in [0, 0.1) is 0 Å². The van der Waals surface area contributed by atoms with Gasteiger partial charge in [-0.1, -0.05) is 6.07 Å². The van der Waals surface area contributed by atoms with Crippen molar-refractivity contribution in [2.24, 2.45) is 0 Å². The molecule has 1 heterocycles. The molecule has 0 spiro atoms. The largest absolute Gasteiger partial charge is 0.778 e. The normalized spacial score (nSPS) is 12.1. The maximum atomic E-state index is 10.2. The molecule has 1 unspecified atom stereocenters. The molecule has 17 nitrogen and oxygen atoms in total. The van der Waals surface area contributed by atoms with Crippen LogP contribution in [0.4, 0.5) is 0 Å². The first-order valence-corrected chi connectivity index (χ1v) is 11.3. The molecule has 0 aliphatic carbocycles. The zero-order valence-electron chi connectivity index (χ0n) is 15.7. The van der Waals surface area contributed by atoms with Crippen molar-refractivity contribution in [3.63, 3.8) is 0 Å². The Kier molecular flexibility index (Phi) is 14.9. The summed E-state index contributed by atoms with van der Waals surface area (Å²) in [6, 6.07) is 3.53. The molecular formula is C13H16N3O14P2-5. The highest BCUT2D eigenvalue weighted by Gasteiger charge is 2.12. The summed E-state index contributed by atoms with van der Waals surface area (Å²) >= 11 is 0. The van der Waals surface area contributed by atoms with E-state index in [9.17, 15) is 53.6 Å². The molecule has 0 amide bonds. The highest BCUT2D eigenvalue weighted by atomic mass is 31.2. The number of carbonyl (C=O) groups is 4. The predicted molar refractivity (Wildman–Crippen MR) is 90.5 cm³/mol. The molecule has 1 atom stereocenters. The first-order chi connectivity index (χ1) is 14.4. The van der Waals surface area contributed by atoms with E-state index in [0.717, 1.165) is 12.1 Å². The number of aromatic nitrogens is 1. The summed E-state index contributed by atoms with van der Waals surface area (Å²) in [7, 11) is -8.69. The average molecular weight is 500 g/mol. The molecule has 0 bridgehead atoms. The lowest BCUT2D eigenvalue weighted by Gasteiger charge is -2.15. The van der Waals surface area contributed by atoms with Crippen molar-refractivity contribution in [3.8, 4) is 0 Å². The van der Waals surface area contributed by atoms with Crippen molar-refractivity contribution in [1.29, 1.82) is 0 Å². The Morgan fingerprint density at radius 2 is 1.22 bits per heavy atom. The molecule has 0 fully saturated rings. The molecule has 5 N–H and O–H groups in total. The van der Waals surface area contributed by atoms with Crippen LogP contribution in [-0.4, -0.2) is 69.2 Å². The molecule has 1 rings (SSSR count). The van der Waals surface area contributed by atoms with Gasteiger partial charge in [-0.05, 0) is 12.1 Å². The first kappa shape index (κ1) is 31.4. The number of carbonyl (C=O) groups excluding carboxylic acids is 4. The van der Waals surface area contributed by atoms with Crippen LogP contribution >= 0.6 is 15.2 Å². The van der Waals surface area contributed by atoms with Gasteiger partial charge in [0.05, 0.1) is 47.8 Å². The topological polar surface area (TPSA) is 315 Å². The van der Waals surface area contributed by atoms with Gasteiger partial charge in [-0.3, -0.25) is 9.88 Å². The van der Waals surface area contributed by atoms with Crippen LogP contribution in [0.5, 0.6) is 0 Å². The molecule has 0 aromatic carbocycles. The van der Waals surface area contributed by atoms with E-state index in [1.165, 1.54) is 6.07 Å². The number of aromatic carboxylic acids is 2. The molecule has 0 saturated carbocycles. The van der Waals surface area contributed by atoms with Gasteiger partial charge >= 0.3 is 7.60 Å². The molecule has 0 saturated heterocycles. The molecule has 32 heavy (non-hydrogen) atoms. The van der Waals surface area contributed by atoms with Crippen molar-refractivity contribution in [1.82, 2.24) is 15.6 Å². The second kappa shape index (κ2) is 15.1. The van der Waals surface area contributed by atoms with Crippen LogP contribution in [-0.2, 0) is 18.7 Å². The summed E-state index contributed by atoms with van der Waals surface area (Å²) in [6.07, 6.45) is -1.60. The SMILES string of the molecule is O=C([O-])CNCC(=O)[O-].O=C([O-])c1cccc(C(=O)[O-])n1.O=P([O-])(O)CNCP(=O)(O)O. The summed E-state index contributed by atoms with van der Waals surface area (Å²) in [5.74, 6) is -5.70. The molecule has 1 aromatic rings. The van der Waals surface area contributed by atoms with Crippen LogP contribution in [0.3, 0.4) is 0 Å². The van der Waals surface area contributed by atoms with E-state index in [4.69, 9.17) is 14.7 Å². The third-order valence-corrected chi connectivity index (χ3v) is 3.59. The Bertz CT molecular complexity index is 815. The molecule has 0 aliphatic heterocycles. The van der Waals surface area contributed by atoms with Crippen LogP contribution in [0.25, 0.3) is 0 Å². The summed E-state index contributed by atoms with van der Waals surface area (Å²) in [4.78, 5) is 77.3. The van der Waals surface area contributed by atoms with E-state index in [0.29, 0.717) is 0 Å². The second-order valence-corrected chi connectivity index (χ2v) is 8.44. The van der Waals surface area contributed by atoms with Gasteiger partial charge in [0.25, 0.3) is 0 Å². The highest BCUT2D eigenvalue weighted by molar-refractivity contribution is 7.52. The summed E-state index contributed by atoms with van der Waals surface area (Å²) < 4.78 is 20.1. The van der Waals surface area contributed by atoms with Crippen molar-refractivity contribution in [2.75, 3.05) is 25.7 Å². The predicted octanol–water partition coefficient (Wildman–Crippen LogP) is -7.90. The smallest absolute Gasteiger partial charge is 0.339 e. The van der Waals surface area contributed by atoms with Gasteiger partial charge in [-0.25, -0.2) is 4.98 Å². The first-order valence-electron chi connectivity index (χ1n) is 7.73. The van der Waals surface area contributed by atoms with E-state index in [1.807, 2.05) is 5.32 Å². The van der Waals surface area contributed by atoms with Crippen molar-refractivity contribution in [3.05, 3.63) is 29.6 Å². The van der Waals surface area contributed by atoms with Gasteiger partial charge in [-0.15, -0.1) is 0 Å². The quantitative estimate of drug-likeness (QED) is 0.186. The van der Waals surface area contributed by atoms with Gasteiger partial charge in [0.1, 0.15) is 7.60 Å². The van der Waals surface area contributed by atoms with E-state index >= 15 is 0 Å². The number of hydrogen-bond donors (Lipinski definition) is 5. The van der Waals surface area contributed by atoms with Gasteiger partial charge in [0.15, 0.2) is 0 Å². The Balaban J connectivity index is 0. The maximum absolute atomic E-state index is 10.2. The fraction of sp³-hybridized carbons (Fsp3) is 0.308. The number of carboxylic acid groups (broad SMARTS) is 4. The second-order valence-electron chi connectivity index (χ2n) is 5.20. The van der Waals surface area contributed by atoms with E-state index in [1.54, 1.807) is 0 Å². The molecule has 0 aliphatic rings. The van der Waals surface area contributed by atoms with Gasteiger partial charge in [0.2, 0.25) is 0 Å². The van der Waals surface area contributed by atoms with E-state index in [-0.39, 0.29) is 0 Å². The fourth-order valence-corrected chi connectivity index (χ4v) is 2.24. The number of nitrogens with one attached hydrogen (secondary N) is 2. The lowest BCUT2D eigenvalue weighted by molar-refractivity contribution is -0.306. The van der Waals surface area contributed by atoms with Crippen molar-refractivity contribution < 1.29 is 68.3 Å².